The third-order valence-corrected chi connectivity index (χ3v) is 6.33. The zero-order chi connectivity index (χ0) is 18.0. The predicted molar refractivity (Wildman–Crippen MR) is 98.0 cm³/mol. The standard InChI is InChI=1S/C17H22N2O3S2/c1-12-5-10-16(23-12)24(21,22)18-11-15(20)19-14-8-6-13(7-9-14)17(2,3)4/h5-10,18H,11H2,1-4H3,(H,19,20). The number of aryl methyl sites for hydroxylation is 1. The van der Waals surface area contributed by atoms with Gasteiger partial charge in [-0.15, -0.1) is 11.3 Å². The molecule has 0 aliphatic rings. The molecular weight excluding hydrogens is 344 g/mol. The van der Waals surface area contributed by atoms with Crippen LogP contribution in [0.2, 0.25) is 0 Å². The Hall–Kier alpha value is -1.70. The summed E-state index contributed by atoms with van der Waals surface area (Å²) < 4.78 is 26.7. The molecule has 7 heteroatoms. The summed E-state index contributed by atoms with van der Waals surface area (Å²) in [5.74, 6) is -0.407. The van der Waals surface area contributed by atoms with Crippen LogP contribution in [-0.4, -0.2) is 20.9 Å². The highest BCUT2D eigenvalue weighted by molar-refractivity contribution is 7.91. The van der Waals surface area contributed by atoms with Crippen molar-refractivity contribution in [2.75, 3.05) is 11.9 Å². The summed E-state index contributed by atoms with van der Waals surface area (Å²) in [6.07, 6.45) is 0. The Kier molecular flexibility index (Phi) is 5.47. The largest absolute Gasteiger partial charge is 0.325 e. The van der Waals surface area contributed by atoms with Crippen LogP contribution in [0.5, 0.6) is 0 Å². The second kappa shape index (κ2) is 7.04. The second-order valence-electron chi connectivity index (χ2n) is 6.57. The van der Waals surface area contributed by atoms with Crippen molar-refractivity contribution in [3.63, 3.8) is 0 Å². The van der Waals surface area contributed by atoms with Crippen molar-refractivity contribution in [3.8, 4) is 0 Å². The van der Waals surface area contributed by atoms with E-state index < -0.39 is 15.9 Å². The topological polar surface area (TPSA) is 75.3 Å². The minimum Gasteiger partial charge on any atom is -0.325 e. The average molecular weight is 367 g/mol. The number of hydrogen-bond donors (Lipinski definition) is 2. The van der Waals surface area contributed by atoms with Crippen molar-refractivity contribution in [1.82, 2.24) is 4.72 Å². The Bertz CT molecular complexity index is 816. The molecular formula is C17H22N2O3S2. The van der Waals surface area contributed by atoms with Crippen molar-refractivity contribution >= 4 is 33.0 Å². The van der Waals surface area contributed by atoms with Crippen LogP contribution in [0.3, 0.4) is 0 Å². The fourth-order valence-electron chi connectivity index (χ4n) is 2.05. The van der Waals surface area contributed by atoms with Gasteiger partial charge in [0, 0.05) is 10.6 Å². The van der Waals surface area contributed by atoms with Gasteiger partial charge in [0.15, 0.2) is 0 Å². The molecule has 130 valence electrons. The predicted octanol–water partition coefficient (Wildman–Crippen LogP) is 3.27. The van der Waals surface area contributed by atoms with Gasteiger partial charge < -0.3 is 5.32 Å². The van der Waals surface area contributed by atoms with Gasteiger partial charge >= 0.3 is 0 Å². The zero-order valence-corrected chi connectivity index (χ0v) is 15.8. The highest BCUT2D eigenvalue weighted by Crippen LogP contribution is 2.23. The van der Waals surface area contributed by atoms with Gasteiger partial charge in [-0.3, -0.25) is 4.79 Å². The Morgan fingerprint density at radius 2 is 1.71 bits per heavy atom. The first-order valence-electron chi connectivity index (χ1n) is 7.54. The van der Waals surface area contributed by atoms with Crippen LogP contribution >= 0.6 is 11.3 Å². The number of hydrogen-bond acceptors (Lipinski definition) is 4. The molecule has 2 aromatic rings. The summed E-state index contributed by atoms with van der Waals surface area (Å²) >= 11 is 1.17. The molecule has 0 aliphatic carbocycles. The number of nitrogens with one attached hydrogen (secondary N) is 2. The summed E-state index contributed by atoms with van der Waals surface area (Å²) in [5, 5.41) is 2.69. The van der Waals surface area contributed by atoms with Gasteiger partial charge in [-0.1, -0.05) is 32.9 Å². The number of anilines is 1. The molecule has 0 atom stereocenters. The SMILES string of the molecule is Cc1ccc(S(=O)(=O)NCC(=O)Nc2ccc(C(C)(C)C)cc2)s1. The number of thiophene rings is 1. The summed E-state index contributed by atoms with van der Waals surface area (Å²) in [6.45, 7) is 7.86. The number of carbonyl (C=O) groups is 1. The van der Waals surface area contributed by atoms with Crippen molar-refractivity contribution < 1.29 is 13.2 Å². The molecule has 1 heterocycles. The van der Waals surface area contributed by atoms with E-state index in [1.165, 1.54) is 17.4 Å². The molecule has 0 radical (unpaired) electrons. The molecule has 0 fully saturated rings. The molecule has 2 rings (SSSR count). The highest BCUT2D eigenvalue weighted by atomic mass is 32.2. The zero-order valence-electron chi connectivity index (χ0n) is 14.2. The Morgan fingerprint density at radius 3 is 2.21 bits per heavy atom. The number of amides is 1. The van der Waals surface area contributed by atoms with Gasteiger partial charge in [0.05, 0.1) is 6.54 Å². The molecule has 0 aliphatic heterocycles. The first kappa shape index (κ1) is 18.6. The summed E-state index contributed by atoms with van der Waals surface area (Å²) in [4.78, 5) is 12.8. The van der Waals surface area contributed by atoms with Crippen molar-refractivity contribution in [2.45, 2.75) is 37.3 Å². The van der Waals surface area contributed by atoms with Gasteiger partial charge in [-0.2, -0.15) is 0 Å². The minimum atomic E-state index is -3.65. The van der Waals surface area contributed by atoms with Crippen molar-refractivity contribution in [2.24, 2.45) is 0 Å². The van der Waals surface area contributed by atoms with Crippen LogP contribution < -0.4 is 10.0 Å². The van der Waals surface area contributed by atoms with Crippen LogP contribution in [0.15, 0.2) is 40.6 Å². The molecule has 5 nitrogen and oxygen atoms in total. The van der Waals surface area contributed by atoms with E-state index in [0.717, 1.165) is 10.4 Å². The van der Waals surface area contributed by atoms with E-state index in [2.05, 4.69) is 30.8 Å². The normalized spacial score (nSPS) is 12.2. The molecule has 0 saturated carbocycles. The molecule has 24 heavy (non-hydrogen) atoms. The van der Waals surface area contributed by atoms with E-state index in [-0.39, 0.29) is 16.2 Å². The molecule has 1 aromatic heterocycles. The minimum absolute atomic E-state index is 0.0387. The fraction of sp³-hybridized carbons (Fsp3) is 0.353. The second-order valence-corrected chi connectivity index (χ2v) is 9.85. The van der Waals surface area contributed by atoms with Gasteiger partial charge in [0.25, 0.3) is 10.0 Å². The summed E-state index contributed by atoms with van der Waals surface area (Å²) in [7, 11) is -3.65. The maximum atomic E-state index is 12.1. The quantitative estimate of drug-likeness (QED) is 0.853. The Labute approximate surface area is 147 Å². The first-order valence-corrected chi connectivity index (χ1v) is 9.84. The third-order valence-electron chi connectivity index (χ3n) is 3.44. The average Bonchev–Trinajstić information content (AvgIpc) is 2.92. The number of rotatable bonds is 5. The number of carbonyl (C=O) groups excluding carboxylic acids is 1. The maximum Gasteiger partial charge on any atom is 0.250 e. The van der Waals surface area contributed by atoms with E-state index >= 15 is 0 Å². The highest BCUT2D eigenvalue weighted by Gasteiger charge is 2.17. The summed E-state index contributed by atoms with van der Waals surface area (Å²) in [6, 6.07) is 10.8. The lowest BCUT2D eigenvalue weighted by molar-refractivity contribution is -0.115. The molecule has 0 saturated heterocycles. The first-order chi connectivity index (χ1) is 11.1. The van der Waals surface area contributed by atoms with E-state index in [1.54, 1.807) is 6.07 Å². The Balaban J connectivity index is 1.94. The van der Waals surface area contributed by atoms with Gasteiger partial charge in [0.2, 0.25) is 5.91 Å². The number of benzene rings is 1. The molecule has 2 N–H and O–H groups in total. The molecule has 0 unspecified atom stereocenters. The maximum absolute atomic E-state index is 12.1. The van der Waals surface area contributed by atoms with Gasteiger partial charge in [-0.25, -0.2) is 13.1 Å². The Morgan fingerprint density at radius 1 is 1.08 bits per heavy atom. The van der Waals surface area contributed by atoms with Crippen LogP contribution in [0.4, 0.5) is 5.69 Å². The van der Waals surface area contributed by atoms with Crippen LogP contribution in [-0.2, 0) is 20.2 Å². The lowest BCUT2D eigenvalue weighted by Gasteiger charge is -2.19. The van der Waals surface area contributed by atoms with Crippen LogP contribution in [0.25, 0.3) is 0 Å². The molecule has 0 bridgehead atoms. The third kappa shape index (κ3) is 4.90. The van der Waals surface area contributed by atoms with Crippen LogP contribution in [0, 0.1) is 6.92 Å². The number of sulfonamides is 1. The van der Waals surface area contributed by atoms with E-state index in [4.69, 9.17) is 0 Å². The van der Waals surface area contributed by atoms with Gasteiger partial charge in [-0.05, 0) is 42.2 Å². The van der Waals surface area contributed by atoms with E-state index in [0.29, 0.717) is 5.69 Å². The van der Waals surface area contributed by atoms with Gasteiger partial charge in [0.1, 0.15) is 4.21 Å². The van der Waals surface area contributed by atoms with Crippen LogP contribution in [0.1, 0.15) is 31.2 Å². The van der Waals surface area contributed by atoms with E-state index in [1.807, 2.05) is 31.2 Å². The van der Waals surface area contributed by atoms with Crippen molar-refractivity contribution in [3.05, 3.63) is 46.8 Å². The lowest BCUT2D eigenvalue weighted by atomic mass is 9.87. The molecule has 0 spiro atoms. The summed E-state index contributed by atoms with van der Waals surface area (Å²) in [5.41, 5.74) is 1.84. The molecule has 1 aromatic carbocycles. The molecule has 1 amide bonds. The van der Waals surface area contributed by atoms with E-state index in [9.17, 15) is 13.2 Å². The lowest BCUT2D eigenvalue weighted by Crippen LogP contribution is -2.32. The fourth-order valence-corrected chi connectivity index (χ4v) is 4.36. The smallest absolute Gasteiger partial charge is 0.250 e. The van der Waals surface area contributed by atoms with Crippen molar-refractivity contribution in [1.29, 1.82) is 0 Å². The monoisotopic (exact) mass is 366 g/mol.